The smallest absolute Gasteiger partial charge is 0.329 e. The Hall–Kier alpha value is -1.11. The van der Waals surface area contributed by atoms with Crippen molar-refractivity contribution in [1.29, 1.82) is 0 Å². The van der Waals surface area contributed by atoms with Crippen molar-refractivity contribution in [2.24, 2.45) is 0 Å². The molecule has 0 bridgehead atoms. The molecule has 4 nitrogen and oxygen atoms in total. The van der Waals surface area contributed by atoms with Crippen LogP contribution in [0.1, 0.15) is 23.2 Å². The molecule has 1 aromatic carbocycles. The van der Waals surface area contributed by atoms with Gasteiger partial charge in [-0.05, 0) is 59.7 Å². The molecule has 2 rings (SSSR count). The minimum absolute atomic E-state index is 0.323. The van der Waals surface area contributed by atoms with E-state index in [1.165, 1.54) is 0 Å². The van der Waals surface area contributed by atoms with Gasteiger partial charge in [0.15, 0.2) is 0 Å². The molecule has 1 fully saturated rings. The molecule has 1 aliphatic rings. The summed E-state index contributed by atoms with van der Waals surface area (Å²) < 4.78 is 1.04. The molecule has 0 atom stereocenters. The molecule has 0 spiro atoms. The number of carboxylic acids is 1. The Morgan fingerprint density at radius 2 is 1.81 bits per heavy atom. The molecule has 2 N–H and O–H groups in total. The average Bonchev–Trinajstić information content (AvgIpc) is 3.00. The normalized spacial score (nSPS) is 16.6. The molecule has 84 valence electrons. The van der Waals surface area contributed by atoms with E-state index in [9.17, 15) is 9.59 Å². The molecule has 1 aliphatic carbocycles. The van der Waals surface area contributed by atoms with Gasteiger partial charge in [-0.3, -0.25) is 4.79 Å². The zero-order valence-corrected chi connectivity index (χ0v) is 10.5. The molecule has 0 saturated heterocycles. The van der Waals surface area contributed by atoms with Crippen molar-refractivity contribution in [2.75, 3.05) is 0 Å². The zero-order chi connectivity index (χ0) is 11.8. The van der Waals surface area contributed by atoms with Gasteiger partial charge in [0.2, 0.25) is 0 Å². The molecular formula is C11H10INO3. The number of amides is 1. The van der Waals surface area contributed by atoms with E-state index in [-0.39, 0.29) is 5.91 Å². The molecular weight excluding hydrogens is 321 g/mol. The van der Waals surface area contributed by atoms with E-state index in [1.807, 2.05) is 12.1 Å². The molecule has 1 aromatic rings. The standard InChI is InChI=1S/C11H10INO3/c12-8-3-1-7(2-4-8)9(14)13-11(5-6-11)10(15)16/h1-4H,5-6H2,(H,13,14)(H,15,16). The highest BCUT2D eigenvalue weighted by Crippen LogP contribution is 2.35. The predicted octanol–water partition coefficient (Wildman–Crippen LogP) is 1.64. The molecule has 0 radical (unpaired) electrons. The van der Waals surface area contributed by atoms with Crippen LogP contribution in [0.15, 0.2) is 24.3 Å². The summed E-state index contributed by atoms with van der Waals surface area (Å²) in [7, 11) is 0. The van der Waals surface area contributed by atoms with Crippen molar-refractivity contribution >= 4 is 34.5 Å². The molecule has 16 heavy (non-hydrogen) atoms. The van der Waals surface area contributed by atoms with Crippen LogP contribution in [0.3, 0.4) is 0 Å². The maximum absolute atomic E-state index is 11.7. The summed E-state index contributed by atoms with van der Waals surface area (Å²) in [6.45, 7) is 0. The van der Waals surface area contributed by atoms with Gasteiger partial charge in [0.1, 0.15) is 5.54 Å². The van der Waals surface area contributed by atoms with Gasteiger partial charge < -0.3 is 10.4 Å². The fraction of sp³-hybridized carbons (Fsp3) is 0.273. The van der Waals surface area contributed by atoms with Crippen LogP contribution in [0.4, 0.5) is 0 Å². The molecule has 5 heteroatoms. The third-order valence-corrected chi connectivity index (χ3v) is 3.34. The third kappa shape index (κ3) is 2.18. The van der Waals surface area contributed by atoms with Crippen molar-refractivity contribution in [3.8, 4) is 0 Å². The van der Waals surface area contributed by atoms with Crippen LogP contribution in [0.25, 0.3) is 0 Å². The van der Waals surface area contributed by atoms with Gasteiger partial charge in [-0.1, -0.05) is 0 Å². The lowest BCUT2D eigenvalue weighted by molar-refractivity contribution is -0.140. The second-order valence-corrected chi connectivity index (χ2v) is 5.09. The van der Waals surface area contributed by atoms with Gasteiger partial charge in [0.25, 0.3) is 5.91 Å². The molecule has 0 aromatic heterocycles. The van der Waals surface area contributed by atoms with Crippen LogP contribution in [-0.2, 0) is 4.79 Å². The topological polar surface area (TPSA) is 66.4 Å². The SMILES string of the molecule is O=C(NC1(C(=O)O)CC1)c1ccc(I)cc1. The number of rotatable bonds is 3. The first-order valence-corrected chi connectivity index (χ1v) is 5.93. The Bertz CT molecular complexity index is 437. The maximum atomic E-state index is 11.7. The fourth-order valence-electron chi connectivity index (χ4n) is 1.41. The summed E-state index contributed by atoms with van der Waals surface area (Å²) in [6.07, 6.45) is 1.02. The van der Waals surface area contributed by atoms with Crippen molar-refractivity contribution in [2.45, 2.75) is 18.4 Å². The van der Waals surface area contributed by atoms with Crippen LogP contribution in [-0.4, -0.2) is 22.5 Å². The van der Waals surface area contributed by atoms with E-state index in [2.05, 4.69) is 27.9 Å². The first-order valence-electron chi connectivity index (χ1n) is 4.85. The predicted molar refractivity (Wildman–Crippen MR) is 66.2 cm³/mol. The summed E-state index contributed by atoms with van der Waals surface area (Å²) in [6, 6.07) is 7.01. The summed E-state index contributed by atoms with van der Waals surface area (Å²) in [5, 5.41) is 11.5. The lowest BCUT2D eigenvalue weighted by Crippen LogP contribution is -2.43. The van der Waals surface area contributed by atoms with E-state index in [0.717, 1.165) is 3.57 Å². The molecule has 0 unspecified atom stereocenters. The summed E-state index contributed by atoms with van der Waals surface area (Å²) in [5.74, 6) is -1.28. The van der Waals surface area contributed by atoms with E-state index in [4.69, 9.17) is 5.11 Å². The number of halogens is 1. The minimum Gasteiger partial charge on any atom is -0.480 e. The van der Waals surface area contributed by atoms with E-state index in [0.29, 0.717) is 18.4 Å². The lowest BCUT2D eigenvalue weighted by atomic mass is 10.2. The van der Waals surface area contributed by atoms with Crippen molar-refractivity contribution in [3.63, 3.8) is 0 Å². The van der Waals surface area contributed by atoms with Crippen LogP contribution in [0.5, 0.6) is 0 Å². The highest BCUT2D eigenvalue weighted by molar-refractivity contribution is 14.1. The van der Waals surface area contributed by atoms with Gasteiger partial charge in [-0.25, -0.2) is 4.79 Å². The van der Waals surface area contributed by atoms with Gasteiger partial charge in [-0.2, -0.15) is 0 Å². The molecule has 0 heterocycles. The summed E-state index contributed by atoms with van der Waals surface area (Å²) in [5.41, 5.74) is -0.520. The fourth-order valence-corrected chi connectivity index (χ4v) is 1.77. The number of nitrogens with one attached hydrogen (secondary N) is 1. The van der Waals surface area contributed by atoms with E-state index < -0.39 is 11.5 Å². The zero-order valence-electron chi connectivity index (χ0n) is 8.37. The van der Waals surface area contributed by atoms with Gasteiger partial charge in [0.05, 0.1) is 0 Å². The van der Waals surface area contributed by atoms with Crippen molar-refractivity contribution in [3.05, 3.63) is 33.4 Å². The number of carboxylic acid groups (broad SMARTS) is 1. The van der Waals surface area contributed by atoms with Crippen molar-refractivity contribution in [1.82, 2.24) is 5.32 Å². The molecule has 1 amide bonds. The number of hydrogen-bond acceptors (Lipinski definition) is 2. The highest BCUT2D eigenvalue weighted by Gasteiger charge is 2.51. The third-order valence-electron chi connectivity index (χ3n) is 2.62. The van der Waals surface area contributed by atoms with Crippen molar-refractivity contribution < 1.29 is 14.7 Å². The quantitative estimate of drug-likeness (QED) is 0.828. The first kappa shape index (κ1) is 11.4. The summed E-state index contributed by atoms with van der Waals surface area (Å²) in [4.78, 5) is 22.6. The Kier molecular flexibility index (Phi) is 2.88. The van der Waals surface area contributed by atoms with Crippen LogP contribution in [0.2, 0.25) is 0 Å². The number of hydrogen-bond donors (Lipinski definition) is 2. The van der Waals surface area contributed by atoms with Crippen LogP contribution >= 0.6 is 22.6 Å². The van der Waals surface area contributed by atoms with Gasteiger partial charge >= 0.3 is 5.97 Å². The van der Waals surface area contributed by atoms with Gasteiger partial charge in [0, 0.05) is 9.13 Å². The first-order chi connectivity index (χ1) is 7.53. The Morgan fingerprint density at radius 1 is 1.25 bits per heavy atom. The largest absolute Gasteiger partial charge is 0.480 e. The molecule has 0 aliphatic heterocycles. The number of aliphatic carboxylic acids is 1. The maximum Gasteiger partial charge on any atom is 0.329 e. The minimum atomic E-state index is -1.01. The number of benzene rings is 1. The second-order valence-electron chi connectivity index (χ2n) is 3.85. The Labute approximate surface area is 106 Å². The van der Waals surface area contributed by atoms with Crippen LogP contribution < -0.4 is 5.32 Å². The summed E-state index contributed by atoms with van der Waals surface area (Å²) >= 11 is 2.15. The van der Waals surface area contributed by atoms with Crippen LogP contribution in [0, 0.1) is 3.57 Å². The molecule has 1 saturated carbocycles. The van der Waals surface area contributed by atoms with Gasteiger partial charge in [-0.15, -0.1) is 0 Å². The Balaban J connectivity index is 2.09. The average molecular weight is 331 g/mol. The van der Waals surface area contributed by atoms with E-state index in [1.54, 1.807) is 12.1 Å². The lowest BCUT2D eigenvalue weighted by Gasteiger charge is -2.12. The number of carbonyl (C=O) groups excluding carboxylic acids is 1. The monoisotopic (exact) mass is 331 g/mol. The number of carbonyl (C=O) groups is 2. The van der Waals surface area contributed by atoms with E-state index >= 15 is 0 Å². The highest BCUT2D eigenvalue weighted by atomic mass is 127. The second kappa shape index (κ2) is 4.04. The Morgan fingerprint density at radius 3 is 2.25 bits per heavy atom.